The van der Waals surface area contributed by atoms with Crippen molar-refractivity contribution in [3.05, 3.63) is 60.2 Å². The highest BCUT2D eigenvalue weighted by Crippen LogP contribution is 2.23. The van der Waals surface area contributed by atoms with Crippen molar-refractivity contribution in [3.8, 4) is 11.5 Å². The lowest BCUT2D eigenvalue weighted by Gasteiger charge is -2.07. The van der Waals surface area contributed by atoms with E-state index in [4.69, 9.17) is 4.42 Å². The number of amides is 1. The van der Waals surface area contributed by atoms with Gasteiger partial charge in [-0.2, -0.15) is 0 Å². The van der Waals surface area contributed by atoms with Crippen LogP contribution in [-0.2, 0) is 4.79 Å². The Labute approximate surface area is 167 Å². The van der Waals surface area contributed by atoms with E-state index in [0.29, 0.717) is 34.7 Å². The molecule has 144 valence electrons. The summed E-state index contributed by atoms with van der Waals surface area (Å²) in [5.74, 6) is 0.831. The Morgan fingerprint density at radius 3 is 2.43 bits per heavy atom. The third-order valence-corrected chi connectivity index (χ3v) is 4.66. The molecule has 0 bridgehead atoms. The van der Waals surface area contributed by atoms with Gasteiger partial charge in [-0.3, -0.25) is 9.59 Å². The second-order valence-electron chi connectivity index (χ2n) is 6.67. The fraction of sp³-hybridized carbons (Fsp3) is 0.238. The molecule has 0 saturated heterocycles. The van der Waals surface area contributed by atoms with Crippen molar-refractivity contribution in [3.63, 3.8) is 0 Å². The van der Waals surface area contributed by atoms with Gasteiger partial charge in [-0.25, -0.2) is 0 Å². The summed E-state index contributed by atoms with van der Waals surface area (Å²) in [4.78, 5) is 24.2. The molecule has 3 rings (SSSR count). The molecule has 0 radical (unpaired) electrons. The summed E-state index contributed by atoms with van der Waals surface area (Å²) in [6.07, 6.45) is 0.465. The molecular formula is C21H21N3O3S. The van der Waals surface area contributed by atoms with E-state index >= 15 is 0 Å². The smallest absolute Gasteiger partial charge is 0.277 e. The predicted octanol–water partition coefficient (Wildman–Crippen LogP) is 4.70. The number of thioether (sulfide) groups is 1. The van der Waals surface area contributed by atoms with Crippen molar-refractivity contribution in [1.29, 1.82) is 0 Å². The summed E-state index contributed by atoms with van der Waals surface area (Å²) >= 11 is 1.20. The highest BCUT2D eigenvalue weighted by Gasteiger charge is 2.13. The molecule has 0 fully saturated rings. The maximum absolute atomic E-state index is 12.4. The normalized spacial score (nSPS) is 10.8. The molecule has 0 aliphatic heterocycles. The highest BCUT2D eigenvalue weighted by atomic mass is 32.2. The molecule has 7 heteroatoms. The molecule has 28 heavy (non-hydrogen) atoms. The van der Waals surface area contributed by atoms with Gasteiger partial charge in [-0.15, -0.1) is 10.2 Å². The summed E-state index contributed by atoms with van der Waals surface area (Å²) in [5.41, 5.74) is 2.08. The zero-order valence-electron chi connectivity index (χ0n) is 15.7. The lowest BCUT2D eigenvalue weighted by Crippen LogP contribution is -2.14. The molecule has 0 saturated carbocycles. The van der Waals surface area contributed by atoms with Gasteiger partial charge >= 0.3 is 0 Å². The largest absolute Gasteiger partial charge is 0.411 e. The first-order valence-electron chi connectivity index (χ1n) is 8.96. The van der Waals surface area contributed by atoms with Crippen LogP contribution in [0.2, 0.25) is 0 Å². The second kappa shape index (κ2) is 9.32. The van der Waals surface area contributed by atoms with Crippen LogP contribution in [0.4, 0.5) is 5.69 Å². The van der Waals surface area contributed by atoms with E-state index < -0.39 is 0 Å². The molecule has 0 atom stereocenters. The van der Waals surface area contributed by atoms with E-state index in [0.717, 1.165) is 5.56 Å². The van der Waals surface area contributed by atoms with Crippen LogP contribution in [0.5, 0.6) is 0 Å². The Balaban J connectivity index is 1.54. The summed E-state index contributed by atoms with van der Waals surface area (Å²) in [5, 5.41) is 11.2. The predicted molar refractivity (Wildman–Crippen MR) is 109 cm³/mol. The maximum Gasteiger partial charge on any atom is 0.277 e. The summed E-state index contributed by atoms with van der Waals surface area (Å²) in [6.45, 7) is 3.98. The summed E-state index contributed by atoms with van der Waals surface area (Å²) in [6, 6.07) is 16.3. The van der Waals surface area contributed by atoms with Crippen molar-refractivity contribution in [2.24, 2.45) is 5.92 Å². The molecule has 1 amide bonds. The van der Waals surface area contributed by atoms with Crippen molar-refractivity contribution >= 4 is 29.1 Å². The Bertz CT molecular complexity index is 937. The minimum absolute atomic E-state index is 0.0322. The van der Waals surface area contributed by atoms with Gasteiger partial charge < -0.3 is 9.73 Å². The van der Waals surface area contributed by atoms with Crippen LogP contribution >= 0.6 is 11.8 Å². The molecule has 0 unspecified atom stereocenters. The zero-order valence-corrected chi connectivity index (χ0v) is 16.5. The Hall–Kier alpha value is -2.93. The standard InChI is InChI=1S/C21H21N3O3S/c1-14(2)12-19(26)22-17-10-8-15(9-11-17)18(25)13-28-21-24-23-20(27-21)16-6-4-3-5-7-16/h3-11,14H,12-13H2,1-2H3,(H,22,26). The van der Waals surface area contributed by atoms with E-state index in [1.54, 1.807) is 24.3 Å². The first kappa shape index (κ1) is 19.8. The average molecular weight is 395 g/mol. The lowest BCUT2D eigenvalue weighted by atomic mass is 10.1. The van der Waals surface area contributed by atoms with E-state index in [1.165, 1.54) is 11.8 Å². The van der Waals surface area contributed by atoms with E-state index in [-0.39, 0.29) is 17.4 Å². The summed E-state index contributed by atoms with van der Waals surface area (Å²) in [7, 11) is 0. The molecule has 0 aliphatic rings. The summed E-state index contributed by atoms with van der Waals surface area (Å²) < 4.78 is 5.59. The van der Waals surface area contributed by atoms with Gasteiger partial charge in [0, 0.05) is 23.2 Å². The third-order valence-electron chi connectivity index (χ3n) is 3.84. The van der Waals surface area contributed by atoms with Crippen molar-refractivity contribution in [2.75, 3.05) is 11.1 Å². The molecular weight excluding hydrogens is 374 g/mol. The quantitative estimate of drug-likeness (QED) is 0.440. The van der Waals surface area contributed by atoms with Crippen LogP contribution in [0, 0.1) is 5.92 Å². The third kappa shape index (κ3) is 5.53. The van der Waals surface area contributed by atoms with E-state index in [1.807, 2.05) is 44.2 Å². The number of hydrogen-bond acceptors (Lipinski definition) is 6. The second-order valence-corrected chi connectivity index (χ2v) is 7.60. The first-order chi connectivity index (χ1) is 13.5. The van der Waals surface area contributed by atoms with Crippen LogP contribution in [0.1, 0.15) is 30.6 Å². The number of anilines is 1. The number of aromatic nitrogens is 2. The minimum Gasteiger partial charge on any atom is -0.411 e. The Morgan fingerprint density at radius 1 is 1.04 bits per heavy atom. The molecule has 1 aromatic heterocycles. The molecule has 1 N–H and O–H groups in total. The number of nitrogens with zero attached hydrogens (tertiary/aromatic N) is 2. The Morgan fingerprint density at radius 2 is 1.75 bits per heavy atom. The first-order valence-corrected chi connectivity index (χ1v) is 9.94. The zero-order chi connectivity index (χ0) is 19.9. The number of carbonyl (C=O) groups is 2. The topological polar surface area (TPSA) is 85.1 Å². The van der Waals surface area contributed by atoms with Crippen LogP contribution in [0.15, 0.2) is 64.2 Å². The number of benzene rings is 2. The van der Waals surface area contributed by atoms with Gasteiger partial charge in [0.2, 0.25) is 11.8 Å². The van der Waals surface area contributed by atoms with Gasteiger partial charge in [-0.1, -0.05) is 43.8 Å². The number of nitrogens with one attached hydrogen (secondary N) is 1. The van der Waals surface area contributed by atoms with Gasteiger partial charge in [0.1, 0.15) is 0 Å². The van der Waals surface area contributed by atoms with Crippen molar-refractivity contribution in [1.82, 2.24) is 10.2 Å². The van der Waals surface area contributed by atoms with Gasteiger partial charge in [0.25, 0.3) is 5.22 Å². The van der Waals surface area contributed by atoms with Crippen molar-refractivity contribution in [2.45, 2.75) is 25.5 Å². The van der Waals surface area contributed by atoms with Gasteiger partial charge in [0.15, 0.2) is 5.78 Å². The number of carbonyl (C=O) groups excluding carboxylic acids is 2. The van der Waals surface area contributed by atoms with Crippen molar-refractivity contribution < 1.29 is 14.0 Å². The SMILES string of the molecule is CC(C)CC(=O)Nc1ccc(C(=O)CSc2nnc(-c3ccccc3)o2)cc1. The van der Waals surface area contributed by atoms with Gasteiger partial charge in [0.05, 0.1) is 5.75 Å². The highest BCUT2D eigenvalue weighted by molar-refractivity contribution is 7.99. The molecule has 0 aliphatic carbocycles. The van der Waals surface area contributed by atoms with Crippen LogP contribution in [0.25, 0.3) is 11.5 Å². The lowest BCUT2D eigenvalue weighted by molar-refractivity contribution is -0.116. The van der Waals surface area contributed by atoms with Gasteiger partial charge in [-0.05, 0) is 42.3 Å². The van der Waals surface area contributed by atoms with E-state index in [2.05, 4.69) is 15.5 Å². The number of ketones is 1. The molecule has 6 nitrogen and oxygen atoms in total. The van der Waals surface area contributed by atoms with Crippen LogP contribution in [-0.4, -0.2) is 27.6 Å². The van der Waals surface area contributed by atoms with Crippen LogP contribution < -0.4 is 5.32 Å². The fourth-order valence-corrected chi connectivity index (χ4v) is 3.16. The molecule has 0 spiro atoms. The number of rotatable bonds is 8. The number of hydrogen-bond donors (Lipinski definition) is 1. The fourth-order valence-electron chi connectivity index (χ4n) is 2.50. The molecule has 3 aromatic rings. The average Bonchev–Trinajstić information content (AvgIpc) is 3.16. The minimum atomic E-state index is -0.0514. The maximum atomic E-state index is 12.4. The molecule has 1 heterocycles. The number of Topliss-reactive ketones (excluding diaryl/α,β-unsaturated/α-hetero) is 1. The molecule has 2 aromatic carbocycles. The Kier molecular flexibility index (Phi) is 6.60. The monoisotopic (exact) mass is 395 g/mol. The van der Waals surface area contributed by atoms with E-state index in [9.17, 15) is 9.59 Å². The van der Waals surface area contributed by atoms with Crippen LogP contribution in [0.3, 0.4) is 0 Å².